The van der Waals surface area contributed by atoms with Crippen molar-refractivity contribution >= 4 is 17.3 Å². The van der Waals surface area contributed by atoms with Crippen molar-refractivity contribution in [3.8, 4) is 0 Å². The number of nitrogens with zero attached hydrogens (tertiary/aromatic N) is 2. The van der Waals surface area contributed by atoms with Crippen LogP contribution in [0.4, 0.5) is 11.4 Å². The van der Waals surface area contributed by atoms with Crippen LogP contribution in [-0.4, -0.2) is 28.9 Å². The summed E-state index contributed by atoms with van der Waals surface area (Å²) >= 11 is 0. The Bertz CT molecular complexity index is 741. The fourth-order valence-electron chi connectivity index (χ4n) is 3.57. The maximum Gasteiger partial charge on any atom is 0.255 e. The molecule has 4 heteroatoms. The number of rotatable bonds is 5. The Morgan fingerprint density at radius 2 is 1.81 bits per heavy atom. The summed E-state index contributed by atoms with van der Waals surface area (Å²) in [5, 5.41) is 3.51. The lowest BCUT2D eigenvalue weighted by Crippen LogP contribution is -2.37. The number of amides is 1. The van der Waals surface area contributed by atoms with Crippen molar-refractivity contribution in [1.29, 1.82) is 0 Å². The molecule has 1 aliphatic heterocycles. The van der Waals surface area contributed by atoms with Gasteiger partial charge in [-0.1, -0.05) is 39.0 Å². The topological polar surface area (TPSA) is 45.2 Å². The number of anilines is 2. The number of para-hydroxylation sites is 1. The minimum atomic E-state index is 0.0903. The average Bonchev–Trinajstić information content (AvgIpc) is 2.68. The Labute approximate surface area is 156 Å². The lowest BCUT2D eigenvalue weighted by Gasteiger charge is -2.30. The van der Waals surface area contributed by atoms with Crippen LogP contribution >= 0.6 is 0 Å². The minimum absolute atomic E-state index is 0.0903. The molecule has 0 radical (unpaired) electrons. The van der Waals surface area contributed by atoms with Gasteiger partial charge in [-0.25, -0.2) is 0 Å². The highest BCUT2D eigenvalue weighted by molar-refractivity contribution is 5.95. The number of carbonyl (C=O) groups is 1. The highest BCUT2D eigenvalue weighted by Crippen LogP contribution is 2.27. The second-order valence-electron chi connectivity index (χ2n) is 7.22. The Hall–Kier alpha value is -2.36. The molecule has 0 bridgehead atoms. The molecule has 1 aromatic carbocycles. The fourth-order valence-corrected chi connectivity index (χ4v) is 3.57. The van der Waals surface area contributed by atoms with Crippen molar-refractivity contribution in [2.24, 2.45) is 5.92 Å². The van der Waals surface area contributed by atoms with Gasteiger partial charge in [-0.3, -0.25) is 9.78 Å². The van der Waals surface area contributed by atoms with Crippen LogP contribution in [0, 0.1) is 5.92 Å². The molecule has 1 aromatic heterocycles. The Morgan fingerprint density at radius 3 is 2.42 bits per heavy atom. The van der Waals surface area contributed by atoms with E-state index in [1.165, 1.54) is 11.1 Å². The van der Waals surface area contributed by atoms with E-state index >= 15 is 0 Å². The van der Waals surface area contributed by atoms with E-state index in [1.54, 1.807) is 12.4 Å². The summed E-state index contributed by atoms with van der Waals surface area (Å²) in [5.74, 6) is 0.802. The maximum absolute atomic E-state index is 12.8. The summed E-state index contributed by atoms with van der Waals surface area (Å²) in [6, 6.07) is 8.34. The van der Waals surface area contributed by atoms with Gasteiger partial charge in [0.15, 0.2) is 0 Å². The number of hydrogen-bond acceptors (Lipinski definition) is 3. The number of carbonyl (C=O) groups excluding carboxylic acids is 1. The van der Waals surface area contributed by atoms with Crippen LogP contribution in [0.2, 0.25) is 0 Å². The van der Waals surface area contributed by atoms with Gasteiger partial charge in [0.05, 0.1) is 17.4 Å². The van der Waals surface area contributed by atoms with E-state index < -0.39 is 0 Å². The van der Waals surface area contributed by atoms with Crippen LogP contribution in [-0.2, 0) is 12.8 Å². The third-order valence-electron chi connectivity index (χ3n) is 5.32. The van der Waals surface area contributed by atoms with E-state index in [0.29, 0.717) is 11.5 Å². The molecule has 1 fully saturated rings. The zero-order valence-electron chi connectivity index (χ0n) is 16.1. The van der Waals surface area contributed by atoms with Crippen molar-refractivity contribution in [2.75, 3.05) is 18.4 Å². The van der Waals surface area contributed by atoms with Gasteiger partial charge in [0.25, 0.3) is 5.91 Å². The first-order valence-corrected chi connectivity index (χ1v) is 9.74. The third-order valence-corrected chi connectivity index (χ3v) is 5.32. The zero-order chi connectivity index (χ0) is 18.5. The van der Waals surface area contributed by atoms with E-state index in [0.717, 1.165) is 50.1 Å². The van der Waals surface area contributed by atoms with E-state index in [1.807, 2.05) is 11.0 Å². The smallest absolute Gasteiger partial charge is 0.255 e. The van der Waals surface area contributed by atoms with Gasteiger partial charge in [-0.15, -0.1) is 0 Å². The molecule has 0 unspecified atom stereocenters. The molecule has 4 nitrogen and oxygen atoms in total. The third kappa shape index (κ3) is 4.06. The van der Waals surface area contributed by atoms with Gasteiger partial charge in [-0.2, -0.15) is 0 Å². The van der Waals surface area contributed by atoms with E-state index in [2.05, 4.69) is 49.3 Å². The van der Waals surface area contributed by atoms with Crippen LogP contribution in [0.1, 0.15) is 55.1 Å². The van der Waals surface area contributed by atoms with Crippen molar-refractivity contribution in [1.82, 2.24) is 9.88 Å². The highest BCUT2D eigenvalue weighted by Gasteiger charge is 2.22. The van der Waals surface area contributed by atoms with E-state index in [9.17, 15) is 4.79 Å². The molecule has 2 heterocycles. The maximum atomic E-state index is 12.8. The molecule has 1 N–H and O–H groups in total. The second kappa shape index (κ2) is 8.35. The van der Waals surface area contributed by atoms with Gasteiger partial charge in [-0.05, 0) is 48.8 Å². The van der Waals surface area contributed by atoms with Crippen LogP contribution < -0.4 is 5.32 Å². The van der Waals surface area contributed by atoms with Crippen molar-refractivity contribution in [3.63, 3.8) is 0 Å². The van der Waals surface area contributed by atoms with E-state index in [-0.39, 0.29) is 5.91 Å². The largest absolute Gasteiger partial charge is 0.354 e. The standard InChI is InChI=1S/C22H29N3O/c1-4-17-7-6-8-18(5-2)21(17)24-20-13-19(14-23-15-20)22(26)25-11-9-16(3)10-12-25/h6-8,13-16,24H,4-5,9-12H2,1-3H3. The Morgan fingerprint density at radius 1 is 1.15 bits per heavy atom. The van der Waals surface area contributed by atoms with Crippen LogP contribution in [0.5, 0.6) is 0 Å². The first-order chi connectivity index (χ1) is 12.6. The summed E-state index contributed by atoms with van der Waals surface area (Å²) in [6.45, 7) is 8.27. The molecule has 0 spiro atoms. The number of piperidine rings is 1. The Balaban J connectivity index is 1.81. The molecule has 1 amide bonds. The first kappa shape index (κ1) is 18.4. The molecule has 2 aromatic rings. The lowest BCUT2D eigenvalue weighted by molar-refractivity contribution is 0.0697. The van der Waals surface area contributed by atoms with Crippen molar-refractivity contribution in [3.05, 3.63) is 53.3 Å². The molecule has 138 valence electrons. The number of hydrogen-bond donors (Lipinski definition) is 1. The van der Waals surface area contributed by atoms with E-state index in [4.69, 9.17) is 0 Å². The quantitative estimate of drug-likeness (QED) is 0.840. The first-order valence-electron chi connectivity index (χ1n) is 9.74. The van der Waals surface area contributed by atoms with Crippen molar-refractivity contribution < 1.29 is 4.79 Å². The normalized spacial score (nSPS) is 15.1. The molecule has 0 aliphatic carbocycles. The predicted molar refractivity (Wildman–Crippen MR) is 107 cm³/mol. The SMILES string of the molecule is CCc1cccc(CC)c1Nc1cncc(C(=O)N2CCC(C)CC2)c1. The molecule has 3 rings (SSSR count). The summed E-state index contributed by atoms with van der Waals surface area (Å²) in [7, 11) is 0. The number of nitrogens with one attached hydrogen (secondary N) is 1. The highest BCUT2D eigenvalue weighted by atomic mass is 16.2. The summed E-state index contributed by atoms with van der Waals surface area (Å²) in [4.78, 5) is 19.1. The summed E-state index contributed by atoms with van der Waals surface area (Å²) in [5.41, 5.74) is 5.25. The molecular weight excluding hydrogens is 322 g/mol. The average molecular weight is 351 g/mol. The molecule has 1 aliphatic rings. The number of likely N-dealkylation sites (tertiary alicyclic amines) is 1. The number of aromatic nitrogens is 1. The number of benzene rings is 1. The van der Waals surface area contributed by atoms with Gasteiger partial charge in [0.2, 0.25) is 0 Å². The Kier molecular flexibility index (Phi) is 5.92. The molecule has 26 heavy (non-hydrogen) atoms. The van der Waals surface area contributed by atoms with Gasteiger partial charge in [0, 0.05) is 25.0 Å². The zero-order valence-corrected chi connectivity index (χ0v) is 16.1. The number of aryl methyl sites for hydroxylation is 2. The molecule has 0 saturated carbocycles. The van der Waals surface area contributed by atoms with Gasteiger partial charge < -0.3 is 10.2 Å². The van der Waals surface area contributed by atoms with Crippen LogP contribution in [0.15, 0.2) is 36.7 Å². The van der Waals surface area contributed by atoms with Crippen molar-refractivity contribution in [2.45, 2.75) is 46.5 Å². The summed E-state index contributed by atoms with van der Waals surface area (Å²) < 4.78 is 0. The van der Waals surface area contributed by atoms with Gasteiger partial charge in [0.1, 0.15) is 0 Å². The summed E-state index contributed by atoms with van der Waals surface area (Å²) in [6.07, 6.45) is 7.57. The van der Waals surface area contributed by atoms with Crippen LogP contribution in [0.3, 0.4) is 0 Å². The molecule has 0 atom stereocenters. The molecular formula is C22H29N3O. The van der Waals surface area contributed by atoms with Gasteiger partial charge >= 0.3 is 0 Å². The lowest BCUT2D eigenvalue weighted by atomic mass is 9.99. The molecule has 1 saturated heterocycles. The monoisotopic (exact) mass is 351 g/mol. The minimum Gasteiger partial charge on any atom is -0.354 e. The number of pyridine rings is 1. The fraction of sp³-hybridized carbons (Fsp3) is 0.455. The predicted octanol–water partition coefficient (Wildman–Crippen LogP) is 4.82. The van der Waals surface area contributed by atoms with Crippen LogP contribution in [0.25, 0.3) is 0 Å². The second-order valence-corrected chi connectivity index (χ2v) is 7.22.